The van der Waals surface area contributed by atoms with Crippen molar-refractivity contribution < 1.29 is 9.53 Å². The summed E-state index contributed by atoms with van der Waals surface area (Å²) in [7, 11) is 0. The number of aromatic amines is 1. The van der Waals surface area contributed by atoms with Crippen molar-refractivity contribution in [3.8, 4) is 5.75 Å². The smallest absolute Gasteiger partial charge is 0.229 e. The van der Waals surface area contributed by atoms with Crippen LogP contribution in [0.3, 0.4) is 0 Å². The highest BCUT2D eigenvalue weighted by Gasteiger charge is 2.32. The van der Waals surface area contributed by atoms with Crippen molar-refractivity contribution in [2.45, 2.75) is 25.8 Å². The van der Waals surface area contributed by atoms with E-state index in [9.17, 15) is 4.79 Å². The normalized spacial score (nSPS) is 18.1. The molecule has 0 unspecified atom stereocenters. The summed E-state index contributed by atoms with van der Waals surface area (Å²) >= 11 is 0. The number of aromatic nitrogens is 2. The molecule has 0 spiro atoms. The molecule has 28 heavy (non-hydrogen) atoms. The maximum Gasteiger partial charge on any atom is 0.229 e. The van der Waals surface area contributed by atoms with Crippen LogP contribution in [0.25, 0.3) is 0 Å². The second-order valence-corrected chi connectivity index (χ2v) is 7.62. The summed E-state index contributed by atoms with van der Waals surface area (Å²) < 4.78 is 5.84. The number of hydrogen-bond donors (Lipinski definition) is 1. The van der Waals surface area contributed by atoms with Crippen LogP contribution in [0.2, 0.25) is 0 Å². The molecule has 0 radical (unpaired) electrons. The summed E-state index contributed by atoms with van der Waals surface area (Å²) in [6.07, 6.45) is 2.36. The summed E-state index contributed by atoms with van der Waals surface area (Å²) in [4.78, 5) is 15.2. The maximum absolute atomic E-state index is 13.2. The highest BCUT2D eigenvalue weighted by molar-refractivity contribution is 5.80. The van der Waals surface area contributed by atoms with E-state index in [1.807, 2.05) is 41.3 Å². The Hall–Kier alpha value is -3.08. The number of H-pyrrole nitrogens is 1. The quantitative estimate of drug-likeness (QED) is 0.767. The van der Waals surface area contributed by atoms with Gasteiger partial charge in [0.05, 0.1) is 11.6 Å². The Morgan fingerprint density at radius 1 is 1.14 bits per heavy atom. The lowest BCUT2D eigenvalue weighted by Gasteiger charge is -2.32. The van der Waals surface area contributed by atoms with Crippen molar-refractivity contribution in [1.29, 1.82) is 0 Å². The Morgan fingerprint density at radius 2 is 1.96 bits per heavy atom. The van der Waals surface area contributed by atoms with Crippen LogP contribution in [0, 0.1) is 5.92 Å². The van der Waals surface area contributed by atoms with E-state index in [4.69, 9.17) is 4.74 Å². The van der Waals surface area contributed by atoms with Gasteiger partial charge >= 0.3 is 0 Å². The molecule has 142 valence electrons. The van der Waals surface area contributed by atoms with E-state index in [0.717, 1.165) is 42.8 Å². The molecular formula is C23H23N3O2. The first-order chi connectivity index (χ1) is 13.8. The van der Waals surface area contributed by atoms with Crippen LogP contribution in [0.5, 0.6) is 5.75 Å². The fraction of sp³-hybridized carbons (Fsp3) is 0.304. The van der Waals surface area contributed by atoms with E-state index in [2.05, 4.69) is 28.4 Å². The predicted molar refractivity (Wildman–Crippen MR) is 106 cm³/mol. The minimum absolute atomic E-state index is 0.110. The first-order valence-corrected chi connectivity index (χ1v) is 9.86. The standard InChI is InChI=1S/C23H23N3O2/c27-23(18-13-17-8-4-5-9-22(17)28-15-18)26-11-10-20-19(14-26)21(25-24-20)12-16-6-2-1-3-7-16/h1-9,18H,10-15H2,(H,24,25)/t18-/m0/s1. The van der Waals surface area contributed by atoms with Gasteiger partial charge in [0.1, 0.15) is 12.4 Å². The first kappa shape index (κ1) is 17.0. The van der Waals surface area contributed by atoms with E-state index >= 15 is 0 Å². The minimum atomic E-state index is -0.110. The molecule has 0 bridgehead atoms. The van der Waals surface area contributed by atoms with Crippen molar-refractivity contribution >= 4 is 5.91 Å². The number of para-hydroxylation sites is 1. The molecule has 5 rings (SSSR count). The Labute approximate surface area is 164 Å². The van der Waals surface area contributed by atoms with E-state index in [1.54, 1.807) is 0 Å². The molecule has 3 heterocycles. The summed E-state index contributed by atoms with van der Waals surface area (Å²) in [5.41, 5.74) is 5.75. The molecule has 3 aromatic rings. The summed E-state index contributed by atoms with van der Waals surface area (Å²) in [6, 6.07) is 18.4. The highest BCUT2D eigenvalue weighted by atomic mass is 16.5. The number of rotatable bonds is 3. The monoisotopic (exact) mass is 373 g/mol. The Bertz CT molecular complexity index is 996. The molecule has 1 amide bonds. The van der Waals surface area contributed by atoms with Crippen LogP contribution in [-0.4, -0.2) is 34.2 Å². The highest BCUT2D eigenvalue weighted by Crippen LogP contribution is 2.29. The van der Waals surface area contributed by atoms with Gasteiger partial charge in [-0.2, -0.15) is 5.10 Å². The zero-order chi connectivity index (χ0) is 18.9. The van der Waals surface area contributed by atoms with Crippen molar-refractivity contribution in [1.82, 2.24) is 15.1 Å². The summed E-state index contributed by atoms with van der Waals surface area (Å²) in [6.45, 7) is 1.82. The molecule has 5 nitrogen and oxygen atoms in total. The Morgan fingerprint density at radius 3 is 2.86 bits per heavy atom. The molecule has 0 fully saturated rings. The topological polar surface area (TPSA) is 58.2 Å². The summed E-state index contributed by atoms with van der Waals surface area (Å²) in [5, 5.41) is 7.73. The molecule has 1 N–H and O–H groups in total. The van der Waals surface area contributed by atoms with Crippen molar-refractivity contribution in [3.05, 3.63) is 82.7 Å². The molecule has 2 aliphatic rings. The van der Waals surface area contributed by atoms with Gasteiger partial charge in [-0.05, 0) is 23.6 Å². The fourth-order valence-electron chi connectivity index (χ4n) is 4.22. The molecule has 2 aromatic carbocycles. The summed E-state index contributed by atoms with van der Waals surface area (Å²) in [5.74, 6) is 0.986. The van der Waals surface area contributed by atoms with Gasteiger partial charge < -0.3 is 9.64 Å². The van der Waals surface area contributed by atoms with E-state index in [1.165, 1.54) is 16.8 Å². The van der Waals surface area contributed by atoms with E-state index < -0.39 is 0 Å². The SMILES string of the molecule is O=C([C@@H]1COc2ccccc2C1)N1CCc2[nH]nc(Cc3ccccc3)c2C1. The zero-order valence-electron chi connectivity index (χ0n) is 15.7. The lowest BCUT2D eigenvalue weighted by molar-refractivity contribution is -0.137. The van der Waals surface area contributed by atoms with Gasteiger partial charge in [-0.25, -0.2) is 0 Å². The van der Waals surface area contributed by atoms with Gasteiger partial charge in [0.2, 0.25) is 5.91 Å². The van der Waals surface area contributed by atoms with Gasteiger partial charge in [-0.15, -0.1) is 0 Å². The third-order valence-electron chi connectivity index (χ3n) is 5.77. The van der Waals surface area contributed by atoms with Crippen LogP contribution in [0.4, 0.5) is 0 Å². The zero-order valence-corrected chi connectivity index (χ0v) is 15.7. The fourth-order valence-corrected chi connectivity index (χ4v) is 4.22. The second-order valence-electron chi connectivity index (χ2n) is 7.62. The lowest BCUT2D eigenvalue weighted by atomic mass is 9.94. The molecule has 0 saturated carbocycles. The van der Waals surface area contributed by atoms with Crippen molar-refractivity contribution in [2.75, 3.05) is 13.2 Å². The van der Waals surface area contributed by atoms with Gasteiger partial charge in [-0.3, -0.25) is 9.89 Å². The number of benzene rings is 2. The second kappa shape index (κ2) is 7.15. The lowest BCUT2D eigenvalue weighted by Crippen LogP contribution is -2.43. The first-order valence-electron chi connectivity index (χ1n) is 9.86. The van der Waals surface area contributed by atoms with Gasteiger partial charge in [0.15, 0.2) is 0 Å². The van der Waals surface area contributed by atoms with Crippen LogP contribution >= 0.6 is 0 Å². The Kier molecular flexibility index (Phi) is 4.35. The van der Waals surface area contributed by atoms with Gasteiger partial charge in [0, 0.05) is 37.2 Å². The molecule has 0 saturated heterocycles. The number of fused-ring (bicyclic) bond motifs is 2. The third-order valence-corrected chi connectivity index (χ3v) is 5.77. The maximum atomic E-state index is 13.2. The van der Waals surface area contributed by atoms with Crippen LogP contribution in [-0.2, 0) is 30.6 Å². The molecule has 1 aromatic heterocycles. The average molecular weight is 373 g/mol. The number of carbonyl (C=O) groups is 1. The molecule has 0 aliphatic carbocycles. The van der Waals surface area contributed by atoms with Crippen molar-refractivity contribution in [3.63, 3.8) is 0 Å². The molecule has 5 heteroatoms. The average Bonchev–Trinajstić information content (AvgIpc) is 3.15. The van der Waals surface area contributed by atoms with Gasteiger partial charge in [0.25, 0.3) is 0 Å². The largest absolute Gasteiger partial charge is 0.492 e. The number of amides is 1. The molecular weight excluding hydrogens is 350 g/mol. The van der Waals surface area contributed by atoms with E-state index in [-0.39, 0.29) is 11.8 Å². The number of carbonyl (C=O) groups excluding carboxylic acids is 1. The number of hydrogen-bond acceptors (Lipinski definition) is 3. The number of nitrogens with one attached hydrogen (secondary N) is 1. The van der Waals surface area contributed by atoms with Crippen LogP contribution in [0.1, 0.15) is 28.1 Å². The Balaban J connectivity index is 1.32. The number of ether oxygens (including phenoxy) is 1. The van der Waals surface area contributed by atoms with Crippen LogP contribution in [0.15, 0.2) is 54.6 Å². The van der Waals surface area contributed by atoms with Gasteiger partial charge in [-0.1, -0.05) is 48.5 Å². The third kappa shape index (κ3) is 3.17. The van der Waals surface area contributed by atoms with Crippen LogP contribution < -0.4 is 4.74 Å². The van der Waals surface area contributed by atoms with E-state index in [0.29, 0.717) is 13.2 Å². The predicted octanol–water partition coefficient (Wildman–Crippen LogP) is 3.14. The van der Waals surface area contributed by atoms with Crippen molar-refractivity contribution in [2.24, 2.45) is 5.92 Å². The minimum Gasteiger partial charge on any atom is -0.492 e. The molecule has 2 aliphatic heterocycles. The number of nitrogens with zero attached hydrogens (tertiary/aromatic N) is 2. The molecule has 1 atom stereocenters.